The molecule has 0 aromatic heterocycles. The summed E-state index contributed by atoms with van der Waals surface area (Å²) in [6, 6.07) is 0. The summed E-state index contributed by atoms with van der Waals surface area (Å²) in [6.07, 6.45) is 29.7. The molecule has 0 aliphatic heterocycles. The topological polar surface area (TPSA) is 37.3 Å². The lowest BCUT2D eigenvalue weighted by Crippen LogP contribution is -2.28. The summed E-state index contributed by atoms with van der Waals surface area (Å²) in [4.78, 5) is 11.0. The van der Waals surface area contributed by atoms with E-state index in [9.17, 15) is 9.90 Å². The van der Waals surface area contributed by atoms with E-state index in [-0.39, 0.29) is 17.3 Å². The first-order valence-electron chi connectivity index (χ1n) is 12.4. The molecule has 0 spiro atoms. The van der Waals surface area contributed by atoms with Crippen molar-refractivity contribution in [2.45, 2.75) is 74.3 Å². The van der Waals surface area contributed by atoms with E-state index in [0.29, 0.717) is 0 Å². The van der Waals surface area contributed by atoms with Crippen LogP contribution in [0.5, 0.6) is 0 Å². The average molecular weight is 473 g/mol. The highest BCUT2D eigenvalue weighted by Crippen LogP contribution is 2.41. The number of ketones is 1. The third kappa shape index (κ3) is 12.9. The maximum Gasteiger partial charge on any atom is 0.152 e. The molecular formula is C33H44O2. The largest absolute Gasteiger partial charge is 0.393 e. The summed E-state index contributed by atoms with van der Waals surface area (Å²) in [5.41, 5.74) is 7.18. The molecule has 0 aromatic carbocycles. The summed E-state index contributed by atoms with van der Waals surface area (Å²) in [6.45, 7) is 16.3. The van der Waals surface area contributed by atoms with Gasteiger partial charge in [0.1, 0.15) is 0 Å². The van der Waals surface area contributed by atoms with Crippen LogP contribution in [0.3, 0.4) is 0 Å². The zero-order valence-corrected chi connectivity index (χ0v) is 22.9. The van der Waals surface area contributed by atoms with Gasteiger partial charge in [-0.1, -0.05) is 121 Å². The molecule has 1 atom stereocenters. The Bertz CT molecular complexity index is 1040. The van der Waals surface area contributed by atoms with Crippen molar-refractivity contribution in [2.75, 3.05) is 0 Å². The van der Waals surface area contributed by atoms with Crippen molar-refractivity contribution in [1.29, 1.82) is 0 Å². The number of aliphatic hydroxyl groups excluding tert-OH is 1. The highest BCUT2D eigenvalue weighted by Gasteiger charge is 2.31. The molecule has 0 saturated carbocycles. The maximum atomic E-state index is 11.0. The molecule has 1 unspecified atom stereocenters. The first-order valence-corrected chi connectivity index (χ1v) is 12.4. The summed E-state index contributed by atoms with van der Waals surface area (Å²) in [5, 5.41) is 10.1. The number of carbonyl (C=O) groups excluding carboxylic acids is 1. The Balaban J connectivity index is 2.66. The van der Waals surface area contributed by atoms with Crippen LogP contribution in [0.15, 0.2) is 119 Å². The fourth-order valence-electron chi connectivity index (χ4n) is 3.98. The van der Waals surface area contributed by atoms with E-state index in [1.54, 1.807) is 13.0 Å². The second-order valence-corrected chi connectivity index (χ2v) is 10.2. The highest BCUT2D eigenvalue weighted by molar-refractivity contribution is 5.87. The zero-order valence-electron chi connectivity index (χ0n) is 22.9. The second-order valence-electron chi connectivity index (χ2n) is 10.2. The van der Waals surface area contributed by atoms with Crippen LogP contribution < -0.4 is 0 Å². The number of allylic oxidation sites excluding steroid dienone is 19. The van der Waals surface area contributed by atoms with E-state index in [1.807, 2.05) is 43.4 Å². The summed E-state index contributed by atoms with van der Waals surface area (Å²) < 4.78 is 0. The number of hydrogen-bond donors (Lipinski definition) is 1. The predicted octanol–water partition coefficient (Wildman–Crippen LogP) is 8.64. The predicted molar refractivity (Wildman–Crippen MR) is 153 cm³/mol. The Kier molecular flexibility index (Phi) is 13.0. The van der Waals surface area contributed by atoms with Gasteiger partial charge in [0.25, 0.3) is 0 Å². The van der Waals surface area contributed by atoms with Crippen molar-refractivity contribution in [3.63, 3.8) is 0 Å². The van der Waals surface area contributed by atoms with Crippen LogP contribution in [0.2, 0.25) is 0 Å². The van der Waals surface area contributed by atoms with E-state index in [4.69, 9.17) is 0 Å². The SMILES string of the molecule is CC(=O)/C=C/C(C)=C/C=C/C(C)=C/C=C/C=C(C)/C=C/C=C(C)/C=C/C1=C(C)CC(O)CC1(C)C. The van der Waals surface area contributed by atoms with Crippen LogP contribution >= 0.6 is 0 Å². The molecule has 0 saturated heterocycles. The molecule has 0 amide bonds. The fourth-order valence-corrected chi connectivity index (χ4v) is 3.98. The summed E-state index contributed by atoms with van der Waals surface area (Å²) in [5.74, 6) is 0.0538. The average Bonchev–Trinajstić information content (AvgIpc) is 2.74. The molecule has 1 N–H and O–H groups in total. The van der Waals surface area contributed by atoms with Crippen molar-refractivity contribution in [2.24, 2.45) is 5.41 Å². The monoisotopic (exact) mass is 472 g/mol. The fraction of sp³-hybridized carbons (Fsp3) is 0.364. The van der Waals surface area contributed by atoms with Gasteiger partial charge < -0.3 is 5.11 Å². The van der Waals surface area contributed by atoms with Crippen LogP contribution in [0.25, 0.3) is 0 Å². The molecule has 1 aliphatic carbocycles. The van der Waals surface area contributed by atoms with Crippen molar-refractivity contribution in [3.8, 4) is 0 Å². The van der Waals surface area contributed by atoms with Crippen molar-refractivity contribution < 1.29 is 9.90 Å². The molecule has 0 fully saturated rings. The van der Waals surface area contributed by atoms with Gasteiger partial charge in [0.15, 0.2) is 5.78 Å². The zero-order chi connectivity index (χ0) is 26.4. The molecule has 0 aromatic rings. The molecule has 1 aliphatic rings. The first-order chi connectivity index (χ1) is 16.4. The van der Waals surface area contributed by atoms with Crippen LogP contribution in [-0.4, -0.2) is 17.0 Å². The standard InChI is InChI=1S/C33H44O2/c1-25(15-11-17-27(3)19-21-30(6)34)13-9-10-14-26(2)16-12-18-28(4)20-22-32-29(5)23-31(35)24-33(32,7)8/h9-22,31,35H,23-24H2,1-8H3/b10-9+,15-11+,16-12+,21-19+,22-20+,25-13+,26-14+,27-17+,28-18+. The van der Waals surface area contributed by atoms with Crippen LogP contribution in [0, 0.1) is 5.41 Å². The normalized spacial score (nSPS) is 21.1. The van der Waals surface area contributed by atoms with Gasteiger partial charge in [-0.05, 0) is 71.4 Å². The van der Waals surface area contributed by atoms with Crippen LogP contribution in [0.1, 0.15) is 68.2 Å². The second kappa shape index (κ2) is 15.1. The van der Waals surface area contributed by atoms with Crippen LogP contribution in [-0.2, 0) is 4.79 Å². The van der Waals surface area contributed by atoms with E-state index in [1.165, 1.54) is 22.3 Å². The number of rotatable bonds is 10. The smallest absolute Gasteiger partial charge is 0.152 e. The molecular weight excluding hydrogens is 428 g/mol. The maximum absolute atomic E-state index is 11.0. The van der Waals surface area contributed by atoms with Gasteiger partial charge in [0.05, 0.1) is 6.10 Å². The minimum atomic E-state index is -0.227. The molecule has 2 heteroatoms. The Morgan fingerprint density at radius 1 is 0.743 bits per heavy atom. The van der Waals surface area contributed by atoms with Gasteiger partial charge in [0, 0.05) is 0 Å². The van der Waals surface area contributed by atoms with Gasteiger partial charge in [-0.25, -0.2) is 0 Å². The number of hydrogen-bond acceptors (Lipinski definition) is 2. The van der Waals surface area contributed by atoms with Gasteiger partial charge in [-0.15, -0.1) is 0 Å². The third-order valence-electron chi connectivity index (χ3n) is 5.84. The van der Waals surface area contributed by atoms with E-state index >= 15 is 0 Å². The Morgan fingerprint density at radius 3 is 1.69 bits per heavy atom. The van der Waals surface area contributed by atoms with Crippen molar-refractivity contribution >= 4 is 5.78 Å². The lowest BCUT2D eigenvalue weighted by Gasteiger charge is -2.35. The Hall–Kier alpha value is -2.97. The van der Waals surface area contributed by atoms with Crippen molar-refractivity contribution in [3.05, 3.63) is 119 Å². The molecule has 2 nitrogen and oxygen atoms in total. The number of carbonyl (C=O) groups is 1. The molecule has 35 heavy (non-hydrogen) atoms. The van der Waals surface area contributed by atoms with Crippen LogP contribution in [0.4, 0.5) is 0 Å². The Morgan fingerprint density at radius 2 is 1.20 bits per heavy atom. The lowest BCUT2D eigenvalue weighted by molar-refractivity contribution is -0.112. The van der Waals surface area contributed by atoms with Gasteiger partial charge in [0.2, 0.25) is 0 Å². The summed E-state index contributed by atoms with van der Waals surface area (Å²) >= 11 is 0. The first kappa shape index (κ1) is 30.1. The molecule has 1 rings (SSSR count). The quantitative estimate of drug-likeness (QED) is 0.255. The molecule has 0 bridgehead atoms. The van der Waals surface area contributed by atoms with Gasteiger partial charge in [-0.2, -0.15) is 0 Å². The minimum Gasteiger partial charge on any atom is -0.393 e. The highest BCUT2D eigenvalue weighted by atomic mass is 16.3. The lowest BCUT2D eigenvalue weighted by atomic mass is 9.71. The van der Waals surface area contributed by atoms with E-state index in [2.05, 4.69) is 84.1 Å². The summed E-state index contributed by atoms with van der Waals surface area (Å²) in [7, 11) is 0. The minimum absolute atomic E-state index is 0.00584. The Labute approximate surface area is 213 Å². The third-order valence-corrected chi connectivity index (χ3v) is 5.84. The van der Waals surface area contributed by atoms with E-state index < -0.39 is 0 Å². The number of aliphatic hydroxyl groups is 1. The van der Waals surface area contributed by atoms with Crippen molar-refractivity contribution in [1.82, 2.24) is 0 Å². The van der Waals surface area contributed by atoms with Gasteiger partial charge in [-0.3, -0.25) is 4.79 Å². The van der Waals surface area contributed by atoms with E-state index in [0.717, 1.165) is 24.0 Å². The molecule has 188 valence electrons. The molecule has 0 radical (unpaired) electrons. The van der Waals surface area contributed by atoms with Gasteiger partial charge >= 0.3 is 0 Å². The molecule has 0 heterocycles.